The zero-order valence-electron chi connectivity index (χ0n) is 20.0. The van der Waals surface area contributed by atoms with Crippen LogP contribution in [0.1, 0.15) is 41.5 Å². The fourth-order valence-corrected chi connectivity index (χ4v) is 4.38. The van der Waals surface area contributed by atoms with Crippen molar-refractivity contribution in [3.63, 3.8) is 0 Å². The van der Waals surface area contributed by atoms with Crippen molar-refractivity contribution in [2.24, 2.45) is 0 Å². The van der Waals surface area contributed by atoms with Crippen LogP contribution in [0, 0.1) is 25.5 Å². The number of halogens is 3. The molecule has 0 unspecified atom stereocenters. The maximum atomic E-state index is 13.9. The lowest BCUT2D eigenvalue weighted by Gasteiger charge is -2.29. The normalized spacial score (nSPS) is 16.9. The summed E-state index contributed by atoms with van der Waals surface area (Å²) < 4.78 is 34.0. The first-order chi connectivity index (χ1) is 17.7. The van der Waals surface area contributed by atoms with Crippen molar-refractivity contribution in [2.45, 2.75) is 45.3 Å². The number of nitrogens with zero attached hydrogens (tertiary/aromatic N) is 5. The summed E-state index contributed by atoms with van der Waals surface area (Å²) >= 11 is 6.36. The van der Waals surface area contributed by atoms with Crippen LogP contribution in [0.15, 0.2) is 47.7 Å². The van der Waals surface area contributed by atoms with Crippen molar-refractivity contribution in [2.75, 3.05) is 0 Å². The van der Waals surface area contributed by atoms with Crippen molar-refractivity contribution in [1.82, 2.24) is 24.5 Å². The summed E-state index contributed by atoms with van der Waals surface area (Å²) in [5.41, 5.74) is 2.30. The number of aliphatic hydroxyl groups is 1. The summed E-state index contributed by atoms with van der Waals surface area (Å²) in [6.07, 6.45) is 5.11. The monoisotopic (exact) mass is 525 g/mol. The minimum Gasteiger partial charge on any atom is -0.485 e. The molecular formula is C26H22ClF2N5O3. The molecule has 4 aromatic rings. The molecule has 1 N–H and O–H groups in total. The van der Waals surface area contributed by atoms with E-state index in [2.05, 4.69) is 19.9 Å². The lowest BCUT2D eigenvalue weighted by Crippen LogP contribution is -2.27. The van der Waals surface area contributed by atoms with Gasteiger partial charge >= 0.3 is 0 Å². The standard InChI is InChI=1S/C26H22ClF2N5O3/c1-13-10-31-20(19-3-4-30-25(33-19)15-6-17(35)7-15)9-22(13)34-14(2)5-23(24(27)26(34)36)37-12-21-18(29)8-16(28)11-32-21/h3-5,8-11,15,17,35H,6-7,12H2,1-2H3. The van der Waals surface area contributed by atoms with E-state index in [0.29, 0.717) is 47.5 Å². The topological polar surface area (TPSA) is 103 Å². The highest BCUT2D eigenvalue weighted by Gasteiger charge is 2.31. The number of pyridine rings is 3. The van der Waals surface area contributed by atoms with Gasteiger partial charge < -0.3 is 9.84 Å². The van der Waals surface area contributed by atoms with Gasteiger partial charge in [0.05, 0.1) is 29.4 Å². The second kappa shape index (κ2) is 9.95. The van der Waals surface area contributed by atoms with Crippen molar-refractivity contribution >= 4 is 11.6 Å². The Morgan fingerprint density at radius 1 is 1.11 bits per heavy atom. The average molecular weight is 526 g/mol. The molecule has 8 nitrogen and oxygen atoms in total. The van der Waals surface area contributed by atoms with Gasteiger partial charge in [-0.3, -0.25) is 19.3 Å². The van der Waals surface area contributed by atoms with E-state index in [1.54, 1.807) is 37.5 Å². The Labute approximate surface area is 215 Å². The third-order valence-corrected chi connectivity index (χ3v) is 6.63. The van der Waals surface area contributed by atoms with Gasteiger partial charge in [0, 0.05) is 36.1 Å². The van der Waals surface area contributed by atoms with E-state index in [1.807, 2.05) is 6.92 Å². The van der Waals surface area contributed by atoms with Gasteiger partial charge in [-0.25, -0.2) is 18.7 Å². The third-order valence-electron chi connectivity index (χ3n) is 6.28. The predicted molar refractivity (Wildman–Crippen MR) is 132 cm³/mol. The SMILES string of the molecule is Cc1cnc(-c2ccnc(C3CC(O)C3)n2)cc1-n1c(C)cc(OCc2ncc(F)cc2F)c(Cl)c1=O. The van der Waals surface area contributed by atoms with Gasteiger partial charge in [0.2, 0.25) is 0 Å². The highest BCUT2D eigenvalue weighted by atomic mass is 35.5. The minimum absolute atomic E-state index is 0.0565. The molecule has 0 radical (unpaired) electrons. The van der Waals surface area contributed by atoms with Gasteiger partial charge in [-0.05, 0) is 44.4 Å². The molecule has 1 saturated carbocycles. The van der Waals surface area contributed by atoms with Crippen molar-refractivity contribution in [1.29, 1.82) is 0 Å². The molecule has 37 heavy (non-hydrogen) atoms. The second-order valence-electron chi connectivity index (χ2n) is 8.95. The molecule has 11 heteroatoms. The summed E-state index contributed by atoms with van der Waals surface area (Å²) in [6.45, 7) is 3.20. The molecule has 0 aliphatic heterocycles. The van der Waals surface area contributed by atoms with Crippen LogP contribution in [0.2, 0.25) is 5.02 Å². The van der Waals surface area contributed by atoms with Crippen LogP contribution in [-0.2, 0) is 6.61 Å². The number of hydrogen-bond donors (Lipinski definition) is 1. The Morgan fingerprint density at radius 3 is 2.62 bits per heavy atom. The Morgan fingerprint density at radius 2 is 1.89 bits per heavy atom. The number of aryl methyl sites for hydroxylation is 2. The second-order valence-corrected chi connectivity index (χ2v) is 9.33. The van der Waals surface area contributed by atoms with Gasteiger partial charge in [-0.1, -0.05) is 11.6 Å². The molecule has 0 atom stereocenters. The highest BCUT2D eigenvalue weighted by molar-refractivity contribution is 6.31. The first-order valence-electron chi connectivity index (χ1n) is 11.5. The van der Waals surface area contributed by atoms with Gasteiger partial charge in [0.25, 0.3) is 5.56 Å². The largest absolute Gasteiger partial charge is 0.485 e. The van der Waals surface area contributed by atoms with Gasteiger partial charge in [-0.15, -0.1) is 0 Å². The first-order valence-corrected chi connectivity index (χ1v) is 11.9. The van der Waals surface area contributed by atoms with Gasteiger partial charge in [0.1, 0.15) is 34.7 Å². The van der Waals surface area contributed by atoms with E-state index < -0.39 is 17.2 Å². The van der Waals surface area contributed by atoms with Crippen LogP contribution < -0.4 is 10.3 Å². The fourth-order valence-electron chi connectivity index (χ4n) is 4.19. The summed E-state index contributed by atoms with van der Waals surface area (Å²) in [4.78, 5) is 30.4. The van der Waals surface area contributed by atoms with Gasteiger partial charge in [0.15, 0.2) is 5.82 Å². The first kappa shape index (κ1) is 24.9. The van der Waals surface area contributed by atoms with Crippen LogP contribution in [0.5, 0.6) is 5.75 Å². The van der Waals surface area contributed by atoms with Crippen LogP contribution >= 0.6 is 11.6 Å². The van der Waals surface area contributed by atoms with Crippen molar-refractivity contribution in [3.8, 4) is 22.8 Å². The minimum atomic E-state index is -0.859. The summed E-state index contributed by atoms with van der Waals surface area (Å²) in [5, 5.41) is 9.42. The van der Waals surface area contributed by atoms with Crippen LogP contribution in [0.3, 0.4) is 0 Å². The molecule has 4 heterocycles. The van der Waals surface area contributed by atoms with Gasteiger partial charge in [-0.2, -0.15) is 0 Å². The zero-order valence-corrected chi connectivity index (χ0v) is 20.7. The molecular weight excluding hydrogens is 504 g/mol. The molecule has 0 amide bonds. The van der Waals surface area contributed by atoms with E-state index in [9.17, 15) is 18.7 Å². The van der Waals surface area contributed by atoms with E-state index in [1.165, 1.54) is 4.57 Å². The number of ether oxygens (including phenoxy) is 1. The molecule has 1 fully saturated rings. The molecule has 5 rings (SSSR count). The zero-order chi connectivity index (χ0) is 26.3. The number of aliphatic hydroxyl groups excluding tert-OH is 1. The van der Waals surface area contributed by atoms with E-state index >= 15 is 0 Å². The molecule has 0 aromatic carbocycles. The fraction of sp³-hybridized carbons (Fsp3) is 0.269. The van der Waals surface area contributed by atoms with E-state index in [0.717, 1.165) is 11.8 Å². The molecule has 4 aromatic heterocycles. The lowest BCUT2D eigenvalue weighted by molar-refractivity contribution is 0.0717. The summed E-state index contributed by atoms with van der Waals surface area (Å²) in [7, 11) is 0. The molecule has 0 bridgehead atoms. The van der Waals surface area contributed by atoms with Crippen molar-refractivity contribution in [3.05, 3.63) is 92.6 Å². The molecule has 1 aliphatic carbocycles. The Balaban J connectivity index is 1.47. The summed E-state index contributed by atoms with van der Waals surface area (Å²) in [6, 6.07) is 5.76. The Kier molecular flexibility index (Phi) is 6.70. The van der Waals surface area contributed by atoms with E-state index in [-0.39, 0.29) is 35.1 Å². The molecule has 0 saturated heterocycles. The average Bonchev–Trinajstić information content (AvgIpc) is 2.85. The van der Waals surface area contributed by atoms with Crippen LogP contribution in [0.4, 0.5) is 8.78 Å². The maximum absolute atomic E-state index is 13.9. The molecule has 0 spiro atoms. The molecule has 1 aliphatic rings. The number of aromatic nitrogens is 5. The Hall–Kier alpha value is -3.76. The van der Waals surface area contributed by atoms with E-state index in [4.69, 9.17) is 16.3 Å². The van der Waals surface area contributed by atoms with Crippen LogP contribution in [-0.4, -0.2) is 35.7 Å². The van der Waals surface area contributed by atoms with Crippen molar-refractivity contribution < 1.29 is 18.6 Å². The third kappa shape index (κ3) is 4.94. The Bertz CT molecular complexity index is 1560. The predicted octanol–water partition coefficient (Wildman–Crippen LogP) is 4.45. The smallest absolute Gasteiger partial charge is 0.277 e. The quantitative estimate of drug-likeness (QED) is 0.396. The maximum Gasteiger partial charge on any atom is 0.277 e. The van der Waals surface area contributed by atoms with Crippen LogP contribution in [0.25, 0.3) is 17.1 Å². The molecule has 190 valence electrons. The number of hydrogen-bond acceptors (Lipinski definition) is 7. The highest BCUT2D eigenvalue weighted by Crippen LogP contribution is 2.35. The lowest BCUT2D eigenvalue weighted by atomic mass is 9.82. The summed E-state index contributed by atoms with van der Waals surface area (Å²) in [5.74, 6) is -0.847. The number of rotatable bonds is 6.